The van der Waals surface area contributed by atoms with Gasteiger partial charge < -0.3 is 5.21 Å². The number of nitrogens with zero attached hydrogens (tertiary/aromatic N) is 4. The first kappa shape index (κ1) is 9.86. The summed E-state index contributed by atoms with van der Waals surface area (Å²) in [4.78, 5) is 2.76. The Hall–Kier alpha value is -1.22. The number of hydrogen-bond acceptors (Lipinski definition) is 3. The van der Waals surface area contributed by atoms with E-state index in [1.807, 2.05) is 0 Å². The van der Waals surface area contributed by atoms with Crippen LogP contribution in [-0.4, -0.2) is 17.0 Å². The number of rotatable bonds is 1. The smallest absolute Gasteiger partial charge is 0.0791 e. The summed E-state index contributed by atoms with van der Waals surface area (Å²) in [7, 11) is 0. The van der Waals surface area contributed by atoms with E-state index in [4.69, 9.17) is 10.7 Å². The molecule has 0 radical (unpaired) electrons. The third-order valence-electron chi connectivity index (χ3n) is 2.36. The molecule has 0 aliphatic heterocycles. The molecule has 5 nitrogen and oxygen atoms in total. The molecule has 72 valence electrons. The van der Waals surface area contributed by atoms with Gasteiger partial charge in [-0.2, -0.15) is 0 Å². The second-order valence-electron chi connectivity index (χ2n) is 3.26. The van der Waals surface area contributed by atoms with Crippen LogP contribution in [0.3, 0.4) is 0 Å². The van der Waals surface area contributed by atoms with Crippen molar-refractivity contribution in [3.8, 4) is 0 Å². The summed E-state index contributed by atoms with van der Waals surface area (Å²) in [6.45, 7) is 0. The third kappa shape index (κ3) is 2.95. The molecule has 0 spiro atoms. The fourth-order valence-electron chi connectivity index (χ4n) is 1.63. The van der Waals surface area contributed by atoms with Gasteiger partial charge >= 0.3 is 0 Å². The molecule has 0 amide bonds. The lowest BCUT2D eigenvalue weighted by atomic mass is 9.95. The van der Waals surface area contributed by atoms with Crippen LogP contribution in [0.5, 0.6) is 0 Å². The van der Waals surface area contributed by atoms with Crippen molar-refractivity contribution in [2.75, 3.05) is 0 Å². The Bertz CT molecular complexity index is 232. The van der Waals surface area contributed by atoms with Gasteiger partial charge in [0, 0.05) is 4.91 Å². The van der Waals surface area contributed by atoms with Gasteiger partial charge in [0.2, 0.25) is 0 Å². The summed E-state index contributed by atoms with van der Waals surface area (Å²) in [5.74, 6) is 0. The molecule has 1 aliphatic rings. The quantitative estimate of drug-likeness (QED) is 0.218. The normalized spacial score (nSPS) is 27.4. The number of hydrogen-bond donors (Lipinski definition) is 1. The molecule has 5 heteroatoms. The van der Waals surface area contributed by atoms with Crippen LogP contribution in [0.25, 0.3) is 10.4 Å². The zero-order valence-corrected chi connectivity index (χ0v) is 7.56. The number of azide groups is 1. The molecule has 1 fully saturated rings. The Balaban J connectivity index is 2.66. The number of oxime groups is 1. The molecule has 1 N–H and O–H groups in total. The van der Waals surface area contributed by atoms with Crippen molar-refractivity contribution in [2.45, 2.75) is 44.6 Å². The van der Waals surface area contributed by atoms with Crippen molar-refractivity contribution in [2.24, 2.45) is 10.3 Å². The van der Waals surface area contributed by atoms with Crippen LogP contribution in [0.2, 0.25) is 0 Å². The second-order valence-corrected chi connectivity index (χ2v) is 3.26. The minimum Gasteiger partial charge on any atom is -0.411 e. The minimum absolute atomic E-state index is 0.227. The second kappa shape index (κ2) is 5.43. The van der Waals surface area contributed by atoms with E-state index in [1.54, 1.807) is 0 Å². The maximum Gasteiger partial charge on any atom is 0.0791 e. The lowest BCUT2D eigenvalue weighted by Gasteiger charge is -2.15. The molecule has 13 heavy (non-hydrogen) atoms. The van der Waals surface area contributed by atoms with Crippen molar-refractivity contribution in [3.05, 3.63) is 10.4 Å². The summed E-state index contributed by atoms with van der Waals surface area (Å²) < 4.78 is 0. The molecule has 0 aromatic carbocycles. The average molecular weight is 182 g/mol. The summed E-state index contributed by atoms with van der Waals surface area (Å²) in [6, 6.07) is -0.227. The predicted molar refractivity (Wildman–Crippen MR) is 49.9 cm³/mol. The molecule has 0 saturated heterocycles. The third-order valence-corrected chi connectivity index (χ3v) is 2.36. The lowest BCUT2D eigenvalue weighted by Crippen LogP contribution is -2.19. The van der Waals surface area contributed by atoms with E-state index in [0.717, 1.165) is 25.7 Å². The Morgan fingerprint density at radius 2 is 2.08 bits per heavy atom. The highest BCUT2D eigenvalue weighted by Gasteiger charge is 2.16. The minimum atomic E-state index is -0.227. The topological polar surface area (TPSA) is 81.4 Å². The van der Waals surface area contributed by atoms with Crippen LogP contribution in [-0.2, 0) is 0 Å². The van der Waals surface area contributed by atoms with Crippen LogP contribution in [0, 0.1) is 0 Å². The van der Waals surface area contributed by atoms with Gasteiger partial charge in [-0.25, -0.2) is 0 Å². The van der Waals surface area contributed by atoms with Gasteiger partial charge in [0.05, 0.1) is 11.8 Å². The summed E-state index contributed by atoms with van der Waals surface area (Å²) in [6.07, 6.45) is 5.97. The van der Waals surface area contributed by atoms with E-state index in [-0.39, 0.29) is 6.04 Å². The first-order chi connectivity index (χ1) is 6.38. The van der Waals surface area contributed by atoms with Gasteiger partial charge in [-0.3, -0.25) is 0 Å². The SMILES string of the molecule is [N-]=[N+]=NC1CCCCCC/C1=N\O. The summed E-state index contributed by atoms with van der Waals surface area (Å²) in [5.41, 5.74) is 8.95. The molecule has 0 bridgehead atoms. The van der Waals surface area contributed by atoms with Crippen molar-refractivity contribution < 1.29 is 5.21 Å². The molecule has 0 aromatic heterocycles. The fraction of sp³-hybridized carbons (Fsp3) is 0.875. The molecule has 0 aromatic rings. The average Bonchev–Trinajstić information content (AvgIpc) is 2.10. The first-order valence-electron chi connectivity index (χ1n) is 4.63. The van der Waals surface area contributed by atoms with Crippen LogP contribution >= 0.6 is 0 Å². The Labute approximate surface area is 77.1 Å². The van der Waals surface area contributed by atoms with Crippen LogP contribution in [0.15, 0.2) is 10.3 Å². The van der Waals surface area contributed by atoms with Crippen molar-refractivity contribution in [3.63, 3.8) is 0 Å². The van der Waals surface area contributed by atoms with Gasteiger partial charge in [0.1, 0.15) is 0 Å². The Morgan fingerprint density at radius 3 is 2.77 bits per heavy atom. The van der Waals surface area contributed by atoms with E-state index in [1.165, 1.54) is 12.8 Å². The van der Waals surface area contributed by atoms with Crippen LogP contribution < -0.4 is 0 Å². The molecule has 1 saturated carbocycles. The monoisotopic (exact) mass is 182 g/mol. The van der Waals surface area contributed by atoms with Gasteiger partial charge in [-0.1, -0.05) is 29.5 Å². The maximum atomic E-state index is 8.71. The zero-order chi connectivity index (χ0) is 9.52. The molecular formula is C8H14N4O. The molecule has 1 aliphatic carbocycles. The summed E-state index contributed by atoms with van der Waals surface area (Å²) in [5, 5.41) is 15.5. The van der Waals surface area contributed by atoms with E-state index in [0.29, 0.717) is 5.71 Å². The van der Waals surface area contributed by atoms with Gasteiger partial charge in [-0.15, -0.1) is 0 Å². The van der Waals surface area contributed by atoms with Gasteiger partial charge in [-0.05, 0) is 24.8 Å². The molecular weight excluding hydrogens is 168 g/mol. The van der Waals surface area contributed by atoms with Crippen LogP contribution in [0.4, 0.5) is 0 Å². The van der Waals surface area contributed by atoms with E-state index < -0.39 is 0 Å². The van der Waals surface area contributed by atoms with Crippen molar-refractivity contribution >= 4 is 5.71 Å². The van der Waals surface area contributed by atoms with E-state index >= 15 is 0 Å². The largest absolute Gasteiger partial charge is 0.411 e. The van der Waals surface area contributed by atoms with E-state index in [2.05, 4.69) is 15.2 Å². The fourth-order valence-corrected chi connectivity index (χ4v) is 1.63. The van der Waals surface area contributed by atoms with Crippen molar-refractivity contribution in [1.29, 1.82) is 0 Å². The molecule has 1 rings (SSSR count). The van der Waals surface area contributed by atoms with Crippen LogP contribution in [0.1, 0.15) is 38.5 Å². The maximum absolute atomic E-state index is 8.71. The highest BCUT2D eigenvalue weighted by atomic mass is 16.4. The van der Waals surface area contributed by atoms with Gasteiger partial charge in [0.15, 0.2) is 0 Å². The van der Waals surface area contributed by atoms with Crippen molar-refractivity contribution in [1.82, 2.24) is 0 Å². The Morgan fingerprint density at radius 1 is 1.31 bits per heavy atom. The van der Waals surface area contributed by atoms with E-state index in [9.17, 15) is 0 Å². The summed E-state index contributed by atoms with van der Waals surface area (Å²) >= 11 is 0. The zero-order valence-electron chi connectivity index (χ0n) is 7.56. The predicted octanol–water partition coefficient (Wildman–Crippen LogP) is 2.85. The first-order valence-corrected chi connectivity index (χ1v) is 4.63. The Kier molecular flexibility index (Phi) is 4.12. The molecule has 1 unspecified atom stereocenters. The standard InChI is InChI=1S/C8H14N4O/c9-12-10-7-5-3-1-2-4-6-8(7)11-13/h7,13H,1-6H2/b11-8+. The highest BCUT2D eigenvalue weighted by Crippen LogP contribution is 2.17. The highest BCUT2D eigenvalue weighted by molar-refractivity contribution is 5.89. The molecule has 1 atom stereocenters. The van der Waals surface area contributed by atoms with Gasteiger partial charge in [0.25, 0.3) is 0 Å². The lowest BCUT2D eigenvalue weighted by molar-refractivity contribution is 0.313. The molecule has 0 heterocycles.